The summed E-state index contributed by atoms with van der Waals surface area (Å²) in [6.45, 7) is 4.15. The van der Waals surface area contributed by atoms with Crippen LogP contribution >= 0.6 is 0 Å². The maximum atomic E-state index is 13.5. The summed E-state index contributed by atoms with van der Waals surface area (Å²) in [6, 6.07) is 6.08. The highest BCUT2D eigenvalue weighted by Crippen LogP contribution is 2.27. The number of ether oxygens (including phenoxy) is 1. The molecule has 0 aliphatic rings. The molecule has 0 spiro atoms. The maximum Gasteiger partial charge on any atom is 0.166 e. The van der Waals surface area contributed by atoms with Gasteiger partial charge in [-0.1, -0.05) is 0 Å². The number of fused-ring (bicyclic) bond motifs is 1. The molecule has 0 amide bonds. The van der Waals surface area contributed by atoms with Crippen LogP contribution in [0, 0.1) is 5.82 Å². The number of anilines is 1. The van der Waals surface area contributed by atoms with E-state index in [0.29, 0.717) is 29.2 Å². The fourth-order valence-corrected chi connectivity index (χ4v) is 2.68. The molecular weight excluding hydrogens is 323 g/mol. The van der Waals surface area contributed by atoms with E-state index < -0.39 is 0 Å². The van der Waals surface area contributed by atoms with Crippen molar-refractivity contribution in [2.24, 2.45) is 7.05 Å². The van der Waals surface area contributed by atoms with Crippen LogP contribution in [0.1, 0.15) is 30.0 Å². The van der Waals surface area contributed by atoms with Gasteiger partial charge >= 0.3 is 0 Å². The number of hydrogen-bond acceptors (Lipinski definition) is 5. The summed E-state index contributed by atoms with van der Waals surface area (Å²) < 4.78 is 20.9. The molecule has 2 aromatic heterocycles. The standard InChI is InChI=1S/C18H19FN4O2/c1-11(2)25-17-6-12(19)4-5-14(17)20-8-16-18-15(21-10-22-16)7-13(9-24)23(18)3/h4-7,9-11,20H,8H2,1-3H3. The summed E-state index contributed by atoms with van der Waals surface area (Å²) in [5, 5.41) is 3.23. The molecule has 0 unspecified atom stereocenters. The molecule has 0 aliphatic heterocycles. The molecular formula is C18H19FN4O2. The van der Waals surface area contributed by atoms with Crippen LogP contribution in [0.25, 0.3) is 11.0 Å². The smallest absolute Gasteiger partial charge is 0.166 e. The summed E-state index contributed by atoms with van der Waals surface area (Å²) in [4.78, 5) is 19.6. The monoisotopic (exact) mass is 342 g/mol. The highest BCUT2D eigenvalue weighted by molar-refractivity contribution is 5.87. The third-order valence-electron chi connectivity index (χ3n) is 3.81. The van der Waals surface area contributed by atoms with Crippen molar-refractivity contribution in [1.82, 2.24) is 14.5 Å². The van der Waals surface area contributed by atoms with Gasteiger partial charge in [0.15, 0.2) is 6.29 Å². The Kier molecular flexibility index (Phi) is 4.65. The molecule has 130 valence electrons. The van der Waals surface area contributed by atoms with Crippen molar-refractivity contribution in [2.45, 2.75) is 26.5 Å². The van der Waals surface area contributed by atoms with Crippen molar-refractivity contribution in [3.63, 3.8) is 0 Å². The Balaban J connectivity index is 1.91. The summed E-state index contributed by atoms with van der Waals surface area (Å²) in [5.74, 6) is 0.0875. The first-order chi connectivity index (χ1) is 12.0. The van der Waals surface area contributed by atoms with E-state index in [0.717, 1.165) is 17.5 Å². The van der Waals surface area contributed by atoms with E-state index in [-0.39, 0.29) is 11.9 Å². The van der Waals surface area contributed by atoms with Crippen LogP contribution < -0.4 is 10.1 Å². The molecule has 0 fully saturated rings. The van der Waals surface area contributed by atoms with Crippen molar-refractivity contribution < 1.29 is 13.9 Å². The average Bonchev–Trinajstić information content (AvgIpc) is 2.90. The number of aryl methyl sites for hydroxylation is 1. The molecule has 0 radical (unpaired) electrons. The van der Waals surface area contributed by atoms with E-state index in [1.54, 1.807) is 23.7 Å². The van der Waals surface area contributed by atoms with Crippen LogP contribution in [-0.4, -0.2) is 26.9 Å². The number of nitrogens with zero attached hydrogens (tertiary/aromatic N) is 3. The van der Waals surface area contributed by atoms with Gasteiger partial charge in [-0.3, -0.25) is 4.79 Å². The summed E-state index contributed by atoms with van der Waals surface area (Å²) >= 11 is 0. The van der Waals surface area contributed by atoms with E-state index >= 15 is 0 Å². The maximum absolute atomic E-state index is 13.5. The Hall–Kier alpha value is -2.96. The lowest BCUT2D eigenvalue weighted by atomic mass is 10.2. The number of aldehydes is 1. The number of carbonyl (C=O) groups is 1. The molecule has 0 saturated heterocycles. The van der Waals surface area contributed by atoms with Crippen LogP contribution in [0.4, 0.5) is 10.1 Å². The van der Waals surface area contributed by atoms with Crippen molar-refractivity contribution in [3.05, 3.63) is 47.8 Å². The zero-order valence-electron chi connectivity index (χ0n) is 14.3. The lowest BCUT2D eigenvalue weighted by Crippen LogP contribution is -2.10. The Labute approximate surface area is 144 Å². The molecule has 6 nitrogen and oxygen atoms in total. The fraction of sp³-hybridized carbons (Fsp3) is 0.278. The zero-order chi connectivity index (χ0) is 18.0. The van der Waals surface area contributed by atoms with E-state index in [2.05, 4.69) is 15.3 Å². The largest absolute Gasteiger partial charge is 0.489 e. The molecule has 7 heteroatoms. The minimum absolute atomic E-state index is 0.0730. The predicted molar refractivity (Wildman–Crippen MR) is 93.4 cm³/mol. The second kappa shape index (κ2) is 6.88. The van der Waals surface area contributed by atoms with Gasteiger partial charge in [-0.15, -0.1) is 0 Å². The molecule has 0 aliphatic carbocycles. The van der Waals surface area contributed by atoms with Gasteiger partial charge in [0.2, 0.25) is 0 Å². The average molecular weight is 342 g/mol. The SMILES string of the molecule is CC(C)Oc1cc(F)ccc1NCc1ncnc2cc(C=O)n(C)c12. The minimum Gasteiger partial charge on any atom is -0.489 e. The molecule has 3 aromatic rings. The first-order valence-corrected chi connectivity index (χ1v) is 7.94. The zero-order valence-corrected chi connectivity index (χ0v) is 14.3. The lowest BCUT2D eigenvalue weighted by Gasteiger charge is -2.16. The first kappa shape index (κ1) is 16.9. The fourth-order valence-electron chi connectivity index (χ4n) is 2.68. The molecule has 1 N–H and O–H groups in total. The quantitative estimate of drug-likeness (QED) is 0.696. The Morgan fingerprint density at radius 3 is 2.84 bits per heavy atom. The van der Waals surface area contributed by atoms with Gasteiger partial charge in [0.1, 0.15) is 17.9 Å². The topological polar surface area (TPSA) is 69.0 Å². The van der Waals surface area contributed by atoms with E-state index in [1.165, 1.54) is 18.5 Å². The Bertz CT molecular complexity index is 921. The number of halogens is 1. The minimum atomic E-state index is -0.358. The van der Waals surface area contributed by atoms with E-state index in [9.17, 15) is 9.18 Å². The molecule has 2 heterocycles. The van der Waals surface area contributed by atoms with E-state index in [4.69, 9.17) is 4.74 Å². The number of benzene rings is 1. The van der Waals surface area contributed by atoms with Crippen LogP contribution in [0.2, 0.25) is 0 Å². The lowest BCUT2D eigenvalue weighted by molar-refractivity contribution is 0.111. The van der Waals surface area contributed by atoms with Crippen LogP contribution in [-0.2, 0) is 13.6 Å². The molecule has 1 aromatic carbocycles. The third kappa shape index (κ3) is 3.45. The number of nitrogens with one attached hydrogen (secondary N) is 1. The second-order valence-corrected chi connectivity index (χ2v) is 5.96. The van der Waals surface area contributed by atoms with Crippen molar-refractivity contribution >= 4 is 23.0 Å². The Morgan fingerprint density at radius 2 is 2.12 bits per heavy atom. The summed E-state index contributed by atoms with van der Waals surface area (Å²) in [7, 11) is 1.80. The molecule has 0 bridgehead atoms. The van der Waals surface area contributed by atoms with Crippen molar-refractivity contribution in [3.8, 4) is 5.75 Å². The highest BCUT2D eigenvalue weighted by atomic mass is 19.1. The molecule has 25 heavy (non-hydrogen) atoms. The van der Waals surface area contributed by atoms with Gasteiger partial charge in [-0.25, -0.2) is 14.4 Å². The highest BCUT2D eigenvalue weighted by Gasteiger charge is 2.13. The van der Waals surface area contributed by atoms with Crippen LogP contribution in [0.15, 0.2) is 30.6 Å². The van der Waals surface area contributed by atoms with Gasteiger partial charge in [0, 0.05) is 13.1 Å². The number of aromatic nitrogens is 3. The van der Waals surface area contributed by atoms with Crippen molar-refractivity contribution in [2.75, 3.05) is 5.32 Å². The van der Waals surface area contributed by atoms with Gasteiger partial charge in [-0.05, 0) is 32.0 Å². The molecule has 0 saturated carbocycles. The normalized spacial score (nSPS) is 11.1. The number of carbonyl (C=O) groups excluding carboxylic acids is 1. The number of rotatable bonds is 6. The second-order valence-electron chi connectivity index (χ2n) is 5.96. The van der Waals surface area contributed by atoms with Crippen LogP contribution in [0.5, 0.6) is 5.75 Å². The van der Waals surface area contributed by atoms with Gasteiger partial charge in [0.05, 0.1) is 40.8 Å². The van der Waals surface area contributed by atoms with Gasteiger partial charge in [-0.2, -0.15) is 0 Å². The van der Waals surface area contributed by atoms with Gasteiger partial charge in [0.25, 0.3) is 0 Å². The summed E-state index contributed by atoms with van der Waals surface area (Å²) in [5.41, 5.74) is 3.43. The predicted octanol–water partition coefficient (Wildman–Crippen LogP) is 3.32. The Morgan fingerprint density at radius 1 is 1.32 bits per heavy atom. The molecule has 0 atom stereocenters. The first-order valence-electron chi connectivity index (χ1n) is 7.94. The van der Waals surface area contributed by atoms with Crippen molar-refractivity contribution in [1.29, 1.82) is 0 Å². The number of hydrogen-bond donors (Lipinski definition) is 1. The van der Waals surface area contributed by atoms with E-state index in [1.807, 2.05) is 13.8 Å². The summed E-state index contributed by atoms with van der Waals surface area (Å²) in [6.07, 6.45) is 2.17. The third-order valence-corrected chi connectivity index (χ3v) is 3.81. The molecule has 3 rings (SSSR count). The van der Waals surface area contributed by atoms with Gasteiger partial charge < -0.3 is 14.6 Å². The van der Waals surface area contributed by atoms with Crippen LogP contribution in [0.3, 0.4) is 0 Å².